The van der Waals surface area contributed by atoms with Gasteiger partial charge in [0.25, 0.3) is 0 Å². The van der Waals surface area contributed by atoms with E-state index in [1.807, 2.05) is 20.8 Å². The van der Waals surface area contributed by atoms with E-state index in [1.54, 1.807) is 19.9 Å². The van der Waals surface area contributed by atoms with E-state index in [0.717, 1.165) is 0 Å². The van der Waals surface area contributed by atoms with E-state index in [0.29, 0.717) is 50.5 Å². The molecule has 0 bridgehead atoms. The lowest BCUT2D eigenvalue weighted by molar-refractivity contribution is -0.160. The second-order valence-corrected chi connectivity index (χ2v) is 14.9. The minimum atomic E-state index is -4.83. The van der Waals surface area contributed by atoms with Gasteiger partial charge >= 0.3 is 7.82 Å². The Morgan fingerprint density at radius 2 is 1.73 bits per heavy atom. The lowest BCUT2D eigenvalue weighted by Crippen LogP contribution is -2.62. The fourth-order valence-electron chi connectivity index (χ4n) is 8.70. The van der Waals surface area contributed by atoms with Crippen LogP contribution in [0.1, 0.15) is 92.4 Å². The zero-order valence-electron chi connectivity index (χ0n) is 22.7. The number of hydrogen-bond acceptors (Lipinski definition) is 7. The van der Waals surface area contributed by atoms with E-state index in [9.17, 15) is 39.6 Å². The molecule has 37 heavy (non-hydrogen) atoms. The normalized spacial score (nSPS) is 43.9. The summed E-state index contributed by atoms with van der Waals surface area (Å²) in [5.74, 6) is -1.14. The van der Waals surface area contributed by atoms with Crippen molar-refractivity contribution in [1.82, 2.24) is 0 Å². The van der Waals surface area contributed by atoms with Crippen molar-refractivity contribution in [2.45, 2.75) is 121 Å². The average molecular weight is 545 g/mol. The van der Waals surface area contributed by atoms with Crippen molar-refractivity contribution < 1.29 is 44.1 Å². The molecular weight excluding hydrogens is 499 g/mol. The molecule has 0 saturated heterocycles. The van der Waals surface area contributed by atoms with Gasteiger partial charge in [-0.15, -0.1) is 0 Å². The van der Waals surface area contributed by atoms with E-state index < -0.39 is 53.6 Å². The lowest BCUT2D eigenvalue weighted by Gasteiger charge is -2.60. The van der Waals surface area contributed by atoms with E-state index in [-0.39, 0.29) is 30.5 Å². The highest BCUT2D eigenvalue weighted by Gasteiger charge is 2.68. The van der Waals surface area contributed by atoms with Crippen LogP contribution in [0.3, 0.4) is 0 Å². The monoisotopic (exact) mass is 544 g/mol. The van der Waals surface area contributed by atoms with Crippen LogP contribution in [-0.2, 0) is 13.9 Å². The fourth-order valence-corrected chi connectivity index (χ4v) is 9.28. The van der Waals surface area contributed by atoms with Crippen molar-refractivity contribution in [3.8, 4) is 0 Å². The molecule has 0 radical (unpaired) electrons. The van der Waals surface area contributed by atoms with Crippen molar-refractivity contribution in [2.75, 3.05) is 0 Å². The van der Waals surface area contributed by atoms with Gasteiger partial charge in [-0.3, -0.25) is 9.32 Å². The van der Waals surface area contributed by atoms with E-state index in [2.05, 4.69) is 0 Å². The van der Waals surface area contributed by atoms with Gasteiger partial charge in [0.2, 0.25) is 0 Å². The summed E-state index contributed by atoms with van der Waals surface area (Å²) < 4.78 is 16.3. The molecule has 4 aliphatic carbocycles. The lowest BCUT2D eigenvalue weighted by atomic mass is 9.45. The topological polar surface area (TPSA) is 165 Å². The molecule has 0 spiro atoms. The summed E-state index contributed by atoms with van der Waals surface area (Å²) in [6.07, 6.45) is 3.51. The molecule has 4 rings (SSSR count). The summed E-state index contributed by atoms with van der Waals surface area (Å²) in [5, 5.41) is 44.8. The number of aliphatic hydroxyl groups is 4. The summed E-state index contributed by atoms with van der Waals surface area (Å²) >= 11 is 0. The Labute approximate surface area is 219 Å². The Hall–Kier alpha value is -0.640. The summed E-state index contributed by atoms with van der Waals surface area (Å²) in [5.41, 5.74) is -3.77. The molecule has 9 atom stereocenters. The molecule has 3 fully saturated rings. The van der Waals surface area contributed by atoms with Gasteiger partial charge in [-0.25, -0.2) is 4.57 Å². The SMILES string of the molecule is CC(C)(O)CCC[C@](C)(O)[C@H]1CC[C@@]2(O)C3=CC(=O)[C@@H]4C[C@@H](OP(=O)(O)O)[C@@H](O)C[C@]4(C)[C@H]3CC[C@]12C. The number of fused-ring (bicyclic) bond motifs is 5. The smallest absolute Gasteiger partial charge is 0.390 e. The Morgan fingerprint density at radius 1 is 1.08 bits per heavy atom. The zero-order valence-corrected chi connectivity index (χ0v) is 23.6. The minimum absolute atomic E-state index is 0.0100. The third-order valence-electron chi connectivity index (χ3n) is 10.6. The predicted molar refractivity (Wildman–Crippen MR) is 136 cm³/mol. The van der Waals surface area contributed by atoms with Crippen molar-refractivity contribution in [3.63, 3.8) is 0 Å². The van der Waals surface area contributed by atoms with E-state index >= 15 is 0 Å². The first-order chi connectivity index (χ1) is 16.7. The van der Waals surface area contributed by atoms with Gasteiger partial charge in [0.15, 0.2) is 5.78 Å². The number of carbonyl (C=O) groups excluding carboxylic acids is 1. The molecule has 6 N–H and O–H groups in total. The van der Waals surface area contributed by atoms with Crippen LogP contribution in [0.25, 0.3) is 0 Å². The first-order valence-corrected chi connectivity index (χ1v) is 15.1. The maximum Gasteiger partial charge on any atom is 0.469 e. The molecule has 0 amide bonds. The highest BCUT2D eigenvalue weighted by atomic mass is 31.2. The van der Waals surface area contributed by atoms with Crippen molar-refractivity contribution in [2.24, 2.45) is 28.6 Å². The highest BCUT2D eigenvalue weighted by molar-refractivity contribution is 7.46. The van der Waals surface area contributed by atoms with Crippen LogP contribution in [0.5, 0.6) is 0 Å². The maximum atomic E-state index is 13.5. The Balaban J connectivity index is 1.62. The number of rotatable bonds is 7. The Bertz CT molecular complexity index is 996. The van der Waals surface area contributed by atoms with Crippen molar-refractivity contribution in [1.29, 1.82) is 0 Å². The average Bonchev–Trinajstić information content (AvgIpc) is 3.00. The van der Waals surface area contributed by atoms with E-state index in [4.69, 9.17) is 4.52 Å². The number of carbonyl (C=O) groups is 1. The van der Waals surface area contributed by atoms with Gasteiger partial charge in [0, 0.05) is 11.3 Å². The van der Waals surface area contributed by atoms with Crippen molar-refractivity contribution in [3.05, 3.63) is 11.6 Å². The summed E-state index contributed by atoms with van der Waals surface area (Å²) in [6.45, 7) is 9.28. The number of aliphatic hydroxyl groups excluding tert-OH is 1. The molecule has 0 aromatic heterocycles. The first-order valence-electron chi connectivity index (χ1n) is 13.6. The molecule has 10 heteroatoms. The van der Waals surface area contributed by atoms with Crippen LogP contribution in [0, 0.1) is 28.6 Å². The zero-order chi connectivity index (χ0) is 27.8. The second-order valence-electron chi connectivity index (χ2n) is 13.7. The van der Waals surface area contributed by atoms with Crippen LogP contribution < -0.4 is 0 Å². The molecule has 3 saturated carbocycles. The van der Waals surface area contributed by atoms with Crippen LogP contribution in [0.15, 0.2) is 11.6 Å². The van der Waals surface area contributed by atoms with Gasteiger partial charge < -0.3 is 30.2 Å². The molecule has 4 aliphatic rings. The van der Waals surface area contributed by atoms with Crippen LogP contribution >= 0.6 is 7.82 Å². The number of phosphoric ester groups is 1. The second kappa shape index (κ2) is 9.20. The molecule has 212 valence electrons. The van der Waals surface area contributed by atoms with Crippen molar-refractivity contribution >= 4 is 13.6 Å². The molecule has 0 heterocycles. The van der Waals surface area contributed by atoms with Gasteiger partial charge in [0.1, 0.15) is 0 Å². The third kappa shape index (κ3) is 5.04. The molecular formula is C27H45O9P. The summed E-state index contributed by atoms with van der Waals surface area (Å²) in [7, 11) is -4.83. The van der Waals surface area contributed by atoms with Gasteiger partial charge in [-0.05, 0) is 107 Å². The standard InChI is InChI=1S/C27H45O9P/c1-23(2,30)9-6-10-26(5,31)22-8-12-27(32)17-13-19(28)18-14-21(36-37(33,34)35)20(29)15-24(18,3)16(17)7-11-25(22,27)4/h13,16,18,20-22,29-32H,6-12,14-15H2,1-5H3,(H2,33,34,35)/t16-,18-,20-,21+,22-,24+,25+,26-,27+/m0/s1. The number of allylic oxidation sites excluding steroid dienone is 1. The Kier molecular flexibility index (Phi) is 7.30. The van der Waals surface area contributed by atoms with Gasteiger partial charge in [-0.1, -0.05) is 13.8 Å². The highest BCUT2D eigenvalue weighted by Crippen LogP contribution is 2.69. The predicted octanol–water partition coefficient (Wildman–Crippen LogP) is 3.00. The quantitative estimate of drug-likeness (QED) is 0.264. The number of phosphoric acid groups is 1. The summed E-state index contributed by atoms with van der Waals surface area (Å²) in [4.78, 5) is 32.0. The largest absolute Gasteiger partial charge is 0.469 e. The maximum absolute atomic E-state index is 13.5. The summed E-state index contributed by atoms with van der Waals surface area (Å²) in [6, 6.07) is 0. The van der Waals surface area contributed by atoms with Crippen LogP contribution in [-0.4, -0.2) is 65.0 Å². The minimum Gasteiger partial charge on any atom is -0.390 e. The van der Waals surface area contributed by atoms with Crippen LogP contribution in [0.4, 0.5) is 0 Å². The molecule has 0 aromatic carbocycles. The molecule has 0 aromatic rings. The molecule has 0 aliphatic heterocycles. The van der Waals surface area contributed by atoms with Gasteiger partial charge in [-0.2, -0.15) is 0 Å². The fraction of sp³-hybridized carbons (Fsp3) is 0.889. The number of hydrogen-bond donors (Lipinski definition) is 6. The van der Waals surface area contributed by atoms with E-state index in [1.165, 1.54) is 0 Å². The first kappa shape index (κ1) is 29.3. The van der Waals surface area contributed by atoms with Gasteiger partial charge in [0.05, 0.1) is 29.0 Å². The molecule has 9 nitrogen and oxygen atoms in total. The van der Waals surface area contributed by atoms with Crippen LogP contribution in [0.2, 0.25) is 0 Å². The third-order valence-corrected chi connectivity index (χ3v) is 11.1. The Morgan fingerprint density at radius 3 is 2.32 bits per heavy atom. The molecule has 0 unspecified atom stereocenters. The number of ketones is 1.